The number of fused-ring (bicyclic) bond motifs is 1. The van der Waals surface area contributed by atoms with Crippen LogP contribution in [0, 0.1) is 0 Å². The van der Waals surface area contributed by atoms with E-state index in [9.17, 15) is 4.79 Å². The third-order valence-electron chi connectivity index (χ3n) is 4.40. The van der Waals surface area contributed by atoms with Crippen molar-refractivity contribution in [3.63, 3.8) is 0 Å². The fourth-order valence-corrected chi connectivity index (χ4v) is 3.22. The lowest BCUT2D eigenvalue weighted by atomic mass is 9.85. The van der Waals surface area contributed by atoms with Gasteiger partial charge in [-0.1, -0.05) is 6.07 Å². The summed E-state index contributed by atoms with van der Waals surface area (Å²) in [5.74, 6) is 0.152. The number of carbonyl (C=O) groups excluding carboxylic acids is 1. The summed E-state index contributed by atoms with van der Waals surface area (Å²) in [5, 5.41) is 0.934. The number of hydrogen-bond acceptors (Lipinski definition) is 2. The minimum absolute atomic E-state index is 0.371. The molecule has 1 fully saturated rings. The van der Waals surface area contributed by atoms with E-state index in [4.69, 9.17) is 10.5 Å². The summed E-state index contributed by atoms with van der Waals surface area (Å²) < 4.78 is 5.41. The molecule has 0 saturated heterocycles. The van der Waals surface area contributed by atoms with Crippen LogP contribution in [-0.2, 0) is 4.74 Å². The first-order valence-corrected chi connectivity index (χ1v) is 7.13. The van der Waals surface area contributed by atoms with Crippen LogP contribution < -0.4 is 5.73 Å². The monoisotopic (exact) mass is 272 g/mol. The highest BCUT2D eigenvalue weighted by Crippen LogP contribution is 2.35. The van der Waals surface area contributed by atoms with Crippen molar-refractivity contribution in [2.45, 2.75) is 37.7 Å². The predicted molar refractivity (Wildman–Crippen MR) is 78.8 cm³/mol. The molecule has 0 unspecified atom stereocenters. The number of primary amides is 1. The summed E-state index contributed by atoms with van der Waals surface area (Å²) in [6, 6.07) is 7.73. The summed E-state index contributed by atoms with van der Waals surface area (Å²) >= 11 is 0. The first-order chi connectivity index (χ1) is 9.69. The molecule has 1 aliphatic carbocycles. The molecule has 4 heteroatoms. The number of methoxy groups -OCH3 is 1. The van der Waals surface area contributed by atoms with E-state index in [1.165, 1.54) is 5.69 Å². The van der Waals surface area contributed by atoms with Gasteiger partial charge >= 0.3 is 0 Å². The first-order valence-electron chi connectivity index (χ1n) is 7.13. The Hall–Kier alpha value is -1.81. The van der Waals surface area contributed by atoms with Crippen LogP contribution in [0.15, 0.2) is 24.3 Å². The van der Waals surface area contributed by atoms with Crippen LogP contribution in [-0.4, -0.2) is 24.1 Å². The summed E-state index contributed by atoms with van der Waals surface area (Å²) in [6.45, 7) is 0. The number of carbonyl (C=O) groups is 1. The molecular weight excluding hydrogens is 252 g/mol. The molecule has 3 rings (SSSR count). The highest BCUT2D eigenvalue weighted by Gasteiger charge is 2.23. The molecule has 0 spiro atoms. The Labute approximate surface area is 118 Å². The number of nitrogens with two attached hydrogens (primary N) is 1. The maximum Gasteiger partial charge on any atom is 0.249 e. The zero-order valence-electron chi connectivity index (χ0n) is 11.7. The second kappa shape index (κ2) is 5.29. The van der Waals surface area contributed by atoms with Gasteiger partial charge in [-0.15, -0.1) is 0 Å². The van der Waals surface area contributed by atoms with E-state index < -0.39 is 0 Å². The number of hydrogen-bond donors (Lipinski definition) is 2. The molecule has 4 nitrogen and oxygen atoms in total. The van der Waals surface area contributed by atoms with Crippen molar-refractivity contribution in [2.24, 2.45) is 5.73 Å². The van der Waals surface area contributed by atoms with Gasteiger partial charge in [0.05, 0.1) is 6.10 Å². The molecule has 20 heavy (non-hydrogen) atoms. The maximum atomic E-state index is 11.5. The molecule has 1 saturated carbocycles. The Kier molecular flexibility index (Phi) is 3.49. The minimum atomic E-state index is -0.371. The first kappa shape index (κ1) is 13.2. The van der Waals surface area contributed by atoms with Crippen molar-refractivity contribution in [3.05, 3.63) is 35.5 Å². The minimum Gasteiger partial charge on any atom is -0.381 e. The summed E-state index contributed by atoms with van der Waals surface area (Å²) in [4.78, 5) is 14.9. The second-order valence-electron chi connectivity index (χ2n) is 5.57. The van der Waals surface area contributed by atoms with Crippen molar-refractivity contribution >= 4 is 16.8 Å². The van der Waals surface area contributed by atoms with Crippen LogP contribution in [0.4, 0.5) is 0 Å². The van der Waals surface area contributed by atoms with Crippen molar-refractivity contribution in [3.8, 4) is 0 Å². The molecule has 0 aliphatic heterocycles. The van der Waals surface area contributed by atoms with E-state index >= 15 is 0 Å². The maximum absolute atomic E-state index is 11.5. The molecule has 1 aliphatic rings. The quantitative estimate of drug-likeness (QED) is 0.902. The highest BCUT2D eigenvalue weighted by atomic mass is 16.5. The summed E-state index contributed by atoms with van der Waals surface area (Å²) in [6.07, 6.45) is 4.84. The third-order valence-corrected chi connectivity index (χ3v) is 4.40. The van der Waals surface area contributed by atoms with Crippen LogP contribution in [0.5, 0.6) is 0 Å². The van der Waals surface area contributed by atoms with Gasteiger partial charge in [0, 0.05) is 29.3 Å². The van der Waals surface area contributed by atoms with Crippen LogP contribution in [0.2, 0.25) is 0 Å². The van der Waals surface area contributed by atoms with Gasteiger partial charge in [-0.25, -0.2) is 0 Å². The van der Waals surface area contributed by atoms with E-state index in [0.717, 1.165) is 36.6 Å². The Morgan fingerprint density at radius 1 is 1.30 bits per heavy atom. The van der Waals surface area contributed by atoms with Crippen LogP contribution in [0.3, 0.4) is 0 Å². The van der Waals surface area contributed by atoms with E-state index in [1.54, 1.807) is 13.2 Å². The lowest BCUT2D eigenvalue weighted by Crippen LogP contribution is -2.19. The molecular formula is C16H20N2O2. The fourth-order valence-electron chi connectivity index (χ4n) is 3.22. The number of ether oxygens (including phenoxy) is 1. The lowest BCUT2D eigenvalue weighted by molar-refractivity contribution is 0.0656. The number of nitrogens with one attached hydrogen (secondary N) is 1. The summed E-state index contributed by atoms with van der Waals surface area (Å²) in [5.41, 5.74) is 8.23. The number of aromatic nitrogens is 1. The van der Waals surface area contributed by atoms with E-state index in [1.807, 2.05) is 12.1 Å². The van der Waals surface area contributed by atoms with Crippen LogP contribution in [0.25, 0.3) is 10.9 Å². The van der Waals surface area contributed by atoms with Gasteiger partial charge in [-0.2, -0.15) is 0 Å². The van der Waals surface area contributed by atoms with Crippen molar-refractivity contribution in [1.29, 1.82) is 0 Å². The van der Waals surface area contributed by atoms with E-state index in [-0.39, 0.29) is 5.91 Å². The lowest BCUT2D eigenvalue weighted by Gasteiger charge is -2.26. The van der Waals surface area contributed by atoms with Crippen molar-refractivity contribution < 1.29 is 9.53 Å². The Morgan fingerprint density at radius 2 is 2.05 bits per heavy atom. The standard InChI is InChI=1S/C16H20N2O2/c1-20-11-7-5-10(6-8-11)15-9-13-12(16(17)19)3-2-4-14(13)18-15/h2-4,9-11,18H,5-8H2,1H3,(H2,17,19). The Morgan fingerprint density at radius 3 is 2.70 bits per heavy atom. The van der Waals surface area contributed by atoms with Gasteiger partial charge in [0.25, 0.3) is 0 Å². The Balaban J connectivity index is 1.90. The average molecular weight is 272 g/mol. The van der Waals surface area contributed by atoms with E-state index in [2.05, 4.69) is 11.1 Å². The van der Waals surface area contributed by atoms with Crippen molar-refractivity contribution in [1.82, 2.24) is 4.98 Å². The molecule has 0 radical (unpaired) electrons. The number of aromatic amines is 1. The predicted octanol–water partition coefficient (Wildman–Crippen LogP) is 2.94. The van der Waals surface area contributed by atoms with Gasteiger partial charge in [-0.05, 0) is 49.8 Å². The molecule has 1 aromatic carbocycles. The molecule has 3 N–H and O–H groups in total. The van der Waals surface area contributed by atoms with Crippen LogP contribution >= 0.6 is 0 Å². The number of amides is 1. The normalized spacial score (nSPS) is 23.1. The zero-order chi connectivity index (χ0) is 14.1. The smallest absolute Gasteiger partial charge is 0.249 e. The average Bonchev–Trinajstić information content (AvgIpc) is 2.90. The largest absolute Gasteiger partial charge is 0.381 e. The van der Waals surface area contributed by atoms with Crippen LogP contribution in [0.1, 0.15) is 47.7 Å². The topological polar surface area (TPSA) is 68.1 Å². The zero-order valence-corrected chi connectivity index (χ0v) is 11.7. The number of benzene rings is 1. The molecule has 0 atom stereocenters. The number of rotatable bonds is 3. The van der Waals surface area contributed by atoms with Gasteiger partial charge in [0.2, 0.25) is 5.91 Å². The van der Waals surface area contributed by atoms with E-state index in [0.29, 0.717) is 17.6 Å². The SMILES string of the molecule is COC1CCC(c2cc3c(C(N)=O)cccc3[nH]2)CC1. The molecule has 1 aromatic heterocycles. The highest BCUT2D eigenvalue weighted by molar-refractivity contribution is 6.05. The van der Waals surface area contributed by atoms with Gasteiger partial charge in [-0.3, -0.25) is 4.79 Å². The van der Waals surface area contributed by atoms with Gasteiger partial charge in [0.1, 0.15) is 0 Å². The fraction of sp³-hybridized carbons (Fsp3) is 0.438. The van der Waals surface area contributed by atoms with Gasteiger partial charge in [0.15, 0.2) is 0 Å². The Bertz CT molecular complexity index is 624. The number of H-pyrrole nitrogens is 1. The summed E-state index contributed by atoms with van der Waals surface area (Å²) in [7, 11) is 1.78. The van der Waals surface area contributed by atoms with Gasteiger partial charge < -0.3 is 15.5 Å². The molecule has 1 amide bonds. The molecule has 1 heterocycles. The molecule has 106 valence electrons. The second-order valence-corrected chi connectivity index (χ2v) is 5.57. The molecule has 2 aromatic rings. The molecule has 0 bridgehead atoms. The third kappa shape index (κ3) is 2.31. The van der Waals surface area contributed by atoms with Crippen molar-refractivity contribution in [2.75, 3.05) is 7.11 Å².